The number of nitrogens with zero attached hydrogens (tertiary/aromatic N) is 1. The summed E-state index contributed by atoms with van der Waals surface area (Å²) in [7, 11) is 0. The molecule has 2 heteroatoms. The van der Waals surface area contributed by atoms with Gasteiger partial charge in [0.15, 0.2) is 0 Å². The molecule has 2 aromatic rings. The second-order valence-electron chi connectivity index (χ2n) is 5.94. The Hall–Kier alpha value is -2.09. The lowest BCUT2D eigenvalue weighted by Crippen LogP contribution is -2.36. The van der Waals surface area contributed by atoms with Crippen LogP contribution in [0.15, 0.2) is 54.6 Å². The maximum atomic E-state index is 12.2. The Morgan fingerprint density at radius 1 is 1.00 bits per heavy atom. The fourth-order valence-corrected chi connectivity index (χ4v) is 3.39. The van der Waals surface area contributed by atoms with E-state index in [2.05, 4.69) is 32.0 Å². The van der Waals surface area contributed by atoms with Gasteiger partial charge in [-0.2, -0.15) is 0 Å². The van der Waals surface area contributed by atoms with E-state index in [0.717, 1.165) is 5.69 Å². The summed E-state index contributed by atoms with van der Waals surface area (Å²) in [6, 6.07) is 18.6. The number of benzene rings is 2. The minimum absolute atomic E-state index is 0.0543. The highest BCUT2D eigenvalue weighted by Crippen LogP contribution is 2.52. The highest BCUT2D eigenvalue weighted by molar-refractivity contribution is 5.95. The van der Waals surface area contributed by atoms with Crippen molar-refractivity contribution >= 4 is 11.6 Å². The summed E-state index contributed by atoms with van der Waals surface area (Å²) in [6.07, 6.45) is 0. The molecule has 0 spiro atoms. The van der Waals surface area contributed by atoms with Crippen molar-refractivity contribution in [1.82, 2.24) is 0 Å². The molecule has 0 N–H and O–H groups in total. The van der Waals surface area contributed by atoms with Crippen molar-refractivity contribution in [1.29, 1.82) is 0 Å². The van der Waals surface area contributed by atoms with E-state index in [0.29, 0.717) is 0 Å². The fraction of sp³-hybridized carbons (Fsp3) is 0.278. The van der Waals surface area contributed by atoms with Crippen molar-refractivity contribution in [3.63, 3.8) is 0 Å². The van der Waals surface area contributed by atoms with Gasteiger partial charge in [0.05, 0.1) is 6.04 Å². The summed E-state index contributed by atoms with van der Waals surface area (Å²) < 4.78 is 0. The minimum atomic E-state index is -0.0936. The summed E-state index contributed by atoms with van der Waals surface area (Å²) in [4.78, 5) is 14.1. The van der Waals surface area contributed by atoms with E-state index >= 15 is 0 Å². The molecular weight excluding hydrogens is 246 g/mol. The lowest BCUT2D eigenvalue weighted by Gasteiger charge is -2.33. The standard InChI is InChI=1S/C18H19NO/c1-13(20)19-16-12-8-7-11-15(16)18(2,3)17(19)14-9-5-4-6-10-14/h4-12,17H,1-3H3. The number of carbonyl (C=O) groups is 1. The van der Waals surface area contributed by atoms with Crippen LogP contribution < -0.4 is 4.90 Å². The van der Waals surface area contributed by atoms with E-state index in [9.17, 15) is 4.79 Å². The molecule has 1 aliphatic rings. The molecular formula is C18H19NO. The van der Waals surface area contributed by atoms with Gasteiger partial charge in [0.1, 0.15) is 0 Å². The summed E-state index contributed by atoms with van der Waals surface area (Å²) in [5.74, 6) is 0.0943. The maximum Gasteiger partial charge on any atom is 0.224 e. The Morgan fingerprint density at radius 3 is 2.25 bits per heavy atom. The number of fused-ring (bicyclic) bond motifs is 1. The molecule has 0 bridgehead atoms. The summed E-state index contributed by atoms with van der Waals surface area (Å²) in [6.45, 7) is 6.08. The molecule has 2 aromatic carbocycles. The van der Waals surface area contributed by atoms with Gasteiger partial charge >= 0.3 is 0 Å². The minimum Gasteiger partial charge on any atom is -0.304 e. The van der Waals surface area contributed by atoms with Crippen LogP contribution in [-0.4, -0.2) is 5.91 Å². The molecule has 0 aliphatic carbocycles. The summed E-state index contributed by atoms with van der Waals surface area (Å²) >= 11 is 0. The number of amides is 1. The van der Waals surface area contributed by atoms with Crippen LogP contribution in [0.25, 0.3) is 0 Å². The lowest BCUT2D eigenvalue weighted by atomic mass is 9.77. The first-order chi connectivity index (χ1) is 9.53. The number of hydrogen-bond acceptors (Lipinski definition) is 1. The quantitative estimate of drug-likeness (QED) is 0.761. The molecule has 1 heterocycles. The van der Waals surface area contributed by atoms with Gasteiger partial charge in [0.25, 0.3) is 0 Å². The van der Waals surface area contributed by atoms with Crippen molar-refractivity contribution in [2.45, 2.75) is 32.2 Å². The van der Waals surface area contributed by atoms with Crippen LogP contribution in [0.2, 0.25) is 0 Å². The molecule has 0 radical (unpaired) electrons. The monoisotopic (exact) mass is 265 g/mol. The molecule has 0 saturated heterocycles. The van der Waals surface area contributed by atoms with Crippen LogP contribution in [0.5, 0.6) is 0 Å². The van der Waals surface area contributed by atoms with Gasteiger partial charge in [-0.1, -0.05) is 62.4 Å². The van der Waals surface area contributed by atoms with Crippen molar-refractivity contribution in [2.75, 3.05) is 4.90 Å². The molecule has 3 rings (SSSR count). The Balaban J connectivity index is 2.22. The Morgan fingerprint density at radius 2 is 1.60 bits per heavy atom. The smallest absolute Gasteiger partial charge is 0.224 e. The average Bonchev–Trinajstić information content (AvgIpc) is 2.68. The fourth-order valence-electron chi connectivity index (χ4n) is 3.39. The van der Waals surface area contributed by atoms with Gasteiger partial charge in [-0.05, 0) is 17.2 Å². The van der Waals surface area contributed by atoms with Crippen molar-refractivity contribution in [3.8, 4) is 0 Å². The van der Waals surface area contributed by atoms with E-state index in [1.165, 1.54) is 11.1 Å². The van der Waals surface area contributed by atoms with Gasteiger partial charge < -0.3 is 4.90 Å². The number of para-hydroxylation sites is 1. The highest BCUT2D eigenvalue weighted by atomic mass is 16.2. The zero-order valence-corrected chi connectivity index (χ0v) is 12.1. The largest absolute Gasteiger partial charge is 0.304 e. The Bertz CT molecular complexity index is 645. The third-order valence-electron chi connectivity index (χ3n) is 4.25. The van der Waals surface area contributed by atoms with Crippen LogP contribution >= 0.6 is 0 Å². The van der Waals surface area contributed by atoms with Crippen LogP contribution in [0.4, 0.5) is 5.69 Å². The van der Waals surface area contributed by atoms with Gasteiger partial charge in [-0.3, -0.25) is 4.79 Å². The van der Waals surface area contributed by atoms with Gasteiger partial charge in [0.2, 0.25) is 5.91 Å². The third kappa shape index (κ3) is 1.75. The average molecular weight is 265 g/mol. The van der Waals surface area contributed by atoms with Crippen molar-refractivity contribution in [2.24, 2.45) is 0 Å². The molecule has 1 amide bonds. The van der Waals surface area contributed by atoms with Crippen molar-refractivity contribution in [3.05, 3.63) is 65.7 Å². The van der Waals surface area contributed by atoms with Crippen LogP contribution in [0, 0.1) is 0 Å². The molecule has 0 fully saturated rings. The first kappa shape index (κ1) is 12.9. The lowest BCUT2D eigenvalue weighted by molar-refractivity contribution is -0.117. The molecule has 1 atom stereocenters. The van der Waals surface area contributed by atoms with E-state index < -0.39 is 0 Å². The second kappa shape index (κ2) is 4.48. The number of carbonyl (C=O) groups excluding carboxylic acids is 1. The first-order valence-corrected chi connectivity index (χ1v) is 6.97. The molecule has 1 unspecified atom stereocenters. The SMILES string of the molecule is CC(=O)N1c2ccccc2C(C)(C)C1c1ccccc1. The Kier molecular flexibility index (Phi) is 2.89. The zero-order valence-electron chi connectivity index (χ0n) is 12.1. The predicted octanol–water partition coefficient (Wildman–Crippen LogP) is 4.07. The molecule has 0 saturated carbocycles. The third-order valence-corrected chi connectivity index (χ3v) is 4.25. The zero-order chi connectivity index (χ0) is 14.3. The van der Waals surface area contributed by atoms with E-state index in [-0.39, 0.29) is 17.4 Å². The van der Waals surface area contributed by atoms with Crippen molar-refractivity contribution < 1.29 is 4.79 Å². The number of hydrogen-bond donors (Lipinski definition) is 0. The Labute approximate surface area is 120 Å². The van der Waals surface area contributed by atoms with Gasteiger partial charge in [-0.25, -0.2) is 0 Å². The normalized spacial score (nSPS) is 19.8. The van der Waals surface area contributed by atoms with Crippen LogP contribution in [0.1, 0.15) is 37.9 Å². The van der Waals surface area contributed by atoms with Gasteiger partial charge in [0, 0.05) is 18.0 Å². The number of anilines is 1. The van der Waals surface area contributed by atoms with E-state index in [1.54, 1.807) is 6.92 Å². The first-order valence-electron chi connectivity index (χ1n) is 6.97. The molecule has 1 aliphatic heterocycles. The summed E-state index contributed by atoms with van der Waals surface area (Å²) in [5, 5.41) is 0. The van der Waals surface area contributed by atoms with Crippen LogP contribution in [-0.2, 0) is 10.2 Å². The second-order valence-corrected chi connectivity index (χ2v) is 5.94. The molecule has 102 valence electrons. The maximum absolute atomic E-state index is 12.2. The molecule has 0 aromatic heterocycles. The van der Waals surface area contributed by atoms with E-state index in [4.69, 9.17) is 0 Å². The van der Waals surface area contributed by atoms with E-state index in [1.807, 2.05) is 41.3 Å². The van der Waals surface area contributed by atoms with Crippen LogP contribution in [0.3, 0.4) is 0 Å². The number of rotatable bonds is 1. The summed E-state index contributed by atoms with van der Waals surface area (Å²) in [5.41, 5.74) is 3.37. The predicted molar refractivity (Wildman–Crippen MR) is 81.8 cm³/mol. The molecule has 20 heavy (non-hydrogen) atoms. The van der Waals surface area contributed by atoms with Gasteiger partial charge in [-0.15, -0.1) is 0 Å². The molecule has 2 nitrogen and oxygen atoms in total. The topological polar surface area (TPSA) is 20.3 Å². The highest BCUT2D eigenvalue weighted by Gasteiger charge is 2.46.